The molecule has 0 bridgehead atoms. The Morgan fingerprint density at radius 1 is 1.03 bits per heavy atom. The fourth-order valence-electron chi connectivity index (χ4n) is 4.28. The van der Waals surface area contributed by atoms with Crippen LogP contribution < -0.4 is 5.32 Å². The van der Waals surface area contributed by atoms with Gasteiger partial charge in [-0.3, -0.25) is 9.78 Å². The summed E-state index contributed by atoms with van der Waals surface area (Å²) in [6.07, 6.45) is 5.71. The molecule has 1 fully saturated rings. The highest BCUT2D eigenvalue weighted by Gasteiger charge is 2.13. The number of hydrogen-bond acceptors (Lipinski definition) is 5. The molecule has 174 valence electrons. The van der Waals surface area contributed by atoms with E-state index in [2.05, 4.69) is 56.8 Å². The van der Waals surface area contributed by atoms with Crippen LogP contribution in [-0.4, -0.2) is 60.5 Å². The topological polar surface area (TPSA) is 48.5 Å². The second-order valence-electron chi connectivity index (χ2n) is 9.03. The number of carbonyl (C=O) groups is 1. The largest absolute Gasteiger partial charge is 0.317 e. The van der Waals surface area contributed by atoms with Crippen molar-refractivity contribution in [1.82, 2.24) is 14.8 Å². The number of thiophene rings is 1. The molecule has 3 aromatic rings. The number of nitrogens with zero attached hydrogens (tertiary/aromatic N) is 3. The first-order chi connectivity index (χ1) is 16.0. The van der Waals surface area contributed by atoms with Gasteiger partial charge in [0.2, 0.25) is 5.91 Å². The van der Waals surface area contributed by atoms with Crippen molar-refractivity contribution in [2.45, 2.75) is 32.6 Å². The molecule has 1 amide bonds. The fourth-order valence-corrected chi connectivity index (χ4v) is 5.10. The monoisotopic (exact) mass is 462 g/mol. The van der Waals surface area contributed by atoms with E-state index >= 15 is 0 Å². The molecule has 1 saturated heterocycles. The Hall–Kier alpha value is -2.54. The van der Waals surface area contributed by atoms with E-state index in [1.54, 1.807) is 11.3 Å². The van der Waals surface area contributed by atoms with E-state index in [1.807, 2.05) is 31.3 Å². The van der Waals surface area contributed by atoms with Gasteiger partial charge in [0, 0.05) is 43.4 Å². The summed E-state index contributed by atoms with van der Waals surface area (Å²) in [5.74, 6) is 0.0292. The molecular formula is C27H34N4OS. The average Bonchev–Trinajstić information content (AvgIpc) is 3.26. The Balaban J connectivity index is 1.23. The van der Waals surface area contributed by atoms with Crippen molar-refractivity contribution in [3.8, 4) is 11.1 Å². The van der Waals surface area contributed by atoms with Crippen molar-refractivity contribution in [1.29, 1.82) is 0 Å². The number of aryl methyl sites for hydroxylation is 2. The number of pyridine rings is 1. The third-order valence-corrected chi connectivity index (χ3v) is 7.08. The van der Waals surface area contributed by atoms with Crippen molar-refractivity contribution in [2.24, 2.45) is 0 Å². The minimum absolute atomic E-state index is 0.0292. The zero-order valence-corrected chi connectivity index (χ0v) is 20.5. The van der Waals surface area contributed by atoms with Crippen LogP contribution in [0.5, 0.6) is 0 Å². The lowest BCUT2D eigenvalue weighted by atomic mass is 10.0. The Labute approximate surface area is 201 Å². The Morgan fingerprint density at radius 2 is 1.85 bits per heavy atom. The molecule has 0 saturated carbocycles. The zero-order chi connectivity index (χ0) is 23.0. The first-order valence-electron chi connectivity index (χ1n) is 11.9. The number of likely N-dealkylation sites (N-methyl/N-ethyl adjacent to an activating group) is 1. The molecule has 0 spiro atoms. The predicted octanol–water partition coefficient (Wildman–Crippen LogP) is 4.87. The normalized spacial score (nSPS) is 15.0. The van der Waals surface area contributed by atoms with Gasteiger partial charge in [-0.1, -0.05) is 24.3 Å². The van der Waals surface area contributed by atoms with E-state index < -0.39 is 0 Å². The summed E-state index contributed by atoms with van der Waals surface area (Å²) in [7, 11) is 2.20. The number of carbonyl (C=O) groups excluding carboxylic acids is 1. The maximum atomic E-state index is 12.6. The van der Waals surface area contributed by atoms with Crippen LogP contribution in [0.25, 0.3) is 11.1 Å². The van der Waals surface area contributed by atoms with Gasteiger partial charge >= 0.3 is 0 Å². The first kappa shape index (κ1) is 23.6. The van der Waals surface area contributed by atoms with Gasteiger partial charge in [0.15, 0.2) is 0 Å². The summed E-state index contributed by atoms with van der Waals surface area (Å²) in [6.45, 7) is 7.92. The maximum Gasteiger partial charge on any atom is 0.229 e. The quantitative estimate of drug-likeness (QED) is 0.461. The molecular weight excluding hydrogens is 428 g/mol. The number of amides is 1. The van der Waals surface area contributed by atoms with E-state index in [0.717, 1.165) is 33.8 Å². The smallest absolute Gasteiger partial charge is 0.229 e. The zero-order valence-electron chi connectivity index (χ0n) is 19.7. The number of benzene rings is 1. The molecule has 0 radical (unpaired) electrons. The molecule has 1 aliphatic heterocycles. The number of nitrogens with one attached hydrogen (secondary N) is 1. The van der Waals surface area contributed by atoms with E-state index in [1.165, 1.54) is 51.1 Å². The van der Waals surface area contributed by atoms with Gasteiger partial charge in [-0.05, 0) is 80.2 Å². The summed E-state index contributed by atoms with van der Waals surface area (Å²) in [5, 5.41) is 6.02. The highest BCUT2D eigenvalue weighted by Crippen LogP contribution is 2.29. The van der Waals surface area contributed by atoms with Crippen LogP contribution in [0, 0.1) is 6.92 Å². The molecule has 3 heterocycles. The van der Waals surface area contributed by atoms with Crippen molar-refractivity contribution in [2.75, 3.05) is 45.1 Å². The highest BCUT2D eigenvalue weighted by molar-refractivity contribution is 7.14. The summed E-state index contributed by atoms with van der Waals surface area (Å²) in [4.78, 5) is 21.9. The molecule has 0 atom stereocenters. The second kappa shape index (κ2) is 11.5. The minimum atomic E-state index is 0.0292. The number of hydrogen-bond donors (Lipinski definition) is 1. The van der Waals surface area contributed by atoms with Gasteiger partial charge in [-0.25, -0.2) is 0 Å². The SMILES string of the molecule is Cc1cc(-c2csc(NC(=O)Cc3cccc(CCCCN4CCN(C)CC4)c3)c2)ccn1. The fraction of sp³-hybridized carbons (Fsp3) is 0.407. The van der Waals surface area contributed by atoms with Crippen LogP contribution in [0.1, 0.15) is 29.7 Å². The summed E-state index contributed by atoms with van der Waals surface area (Å²) >= 11 is 1.56. The summed E-state index contributed by atoms with van der Waals surface area (Å²) in [5.41, 5.74) is 5.62. The van der Waals surface area contributed by atoms with E-state index in [9.17, 15) is 4.79 Å². The molecule has 4 rings (SSSR count). The van der Waals surface area contributed by atoms with Crippen LogP contribution in [0.15, 0.2) is 54.0 Å². The Kier molecular flexibility index (Phi) is 8.26. The Morgan fingerprint density at radius 3 is 2.67 bits per heavy atom. The molecule has 0 unspecified atom stereocenters. The van der Waals surface area contributed by atoms with Crippen LogP contribution in [0.4, 0.5) is 5.00 Å². The number of unbranched alkanes of at least 4 members (excludes halogenated alkanes) is 1. The lowest BCUT2D eigenvalue weighted by molar-refractivity contribution is -0.115. The maximum absolute atomic E-state index is 12.6. The average molecular weight is 463 g/mol. The third-order valence-electron chi connectivity index (χ3n) is 6.23. The van der Waals surface area contributed by atoms with Gasteiger partial charge in [-0.2, -0.15) is 0 Å². The molecule has 2 aromatic heterocycles. The van der Waals surface area contributed by atoms with Crippen molar-refractivity contribution in [3.05, 3.63) is 70.9 Å². The first-order valence-corrected chi connectivity index (χ1v) is 12.7. The van der Waals surface area contributed by atoms with Crippen LogP contribution in [-0.2, 0) is 17.6 Å². The van der Waals surface area contributed by atoms with Crippen LogP contribution in [0.3, 0.4) is 0 Å². The van der Waals surface area contributed by atoms with E-state index in [4.69, 9.17) is 0 Å². The summed E-state index contributed by atoms with van der Waals surface area (Å²) in [6, 6.07) is 14.6. The molecule has 1 aromatic carbocycles. The van der Waals surface area contributed by atoms with Crippen molar-refractivity contribution >= 4 is 22.2 Å². The van der Waals surface area contributed by atoms with Gasteiger partial charge < -0.3 is 15.1 Å². The summed E-state index contributed by atoms with van der Waals surface area (Å²) < 4.78 is 0. The van der Waals surface area contributed by atoms with Crippen LogP contribution >= 0.6 is 11.3 Å². The number of anilines is 1. The van der Waals surface area contributed by atoms with Gasteiger partial charge in [0.25, 0.3) is 0 Å². The lowest BCUT2D eigenvalue weighted by Gasteiger charge is -2.32. The van der Waals surface area contributed by atoms with Gasteiger partial charge in [0.05, 0.1) is 11.4 Å². The predicted molar refractivity (Wildman–Crippen MR) is 138 cm³/mol. The number of rotatable bonds is 9. The molecule has 5 nitrogen and oxygen atoms in total. The van der Waals surface area contributed by atoms with Gasteiger partial charge in [0.1, 0.15) is 0 Å². The standard InChI is InChI=1S/C27H34N4OS/c1-21-16-24(9-10-28-21)25-19-27(33-20-25)29-26(32)18-23-8-5-7-22(17-23)6-3-4-11-31-14-12-30(2)13-15-31/h5,7-10,16-17,19-20H,3-4,6,11-15,18H2,1-2H3,(H,29,32). The highest BCUT2D eigenvalue weighted by atomic mass is 32.1. The van der Waals surface area contributed by atoms with Gasteiger partial charge in [-0.15, -0.1) is 11.3 Å². The number of piperazine rings is 1. The lowest BCUT2D eigenvalue weighted by Crippen LogP contribution is -2.44. The molecule has 0 aliphatic carbocycles. The number of aromatic nitrogens is 1. The van der Waals surface area contributed by atoms with Crippen molar-refractivity contribution < 1.29 is 4.79 Å². The van der Waals surface area contributed by atoms with Crippen molar-refractivity contribution in [3.63, 3.8) is 0 Å². The second-order valence-corrected chi connectivity index (χ2v) is 9.94. The van der Waals surface area contributed by atoms with Crippen LogP contribution in [0.2, 0.25) is 0 Å². The minimum Gasteiger partial charge on any atom is -0.317 e. The van der Waals surface area contributed by atoms with E-state index in [-0.39, 0.29) is 5.91 Å². The molecule has 6 heteroatoms. The van der Waals surface area contributed by atoms with E-state index in [0.29, 0.717) is 6.42 Å². The Bertz CT molecular complexity index is 1060. The molecule has 1 N–H and O–H groups in total. The third kappa shape index (κ3) is 7.22. The molecule has 1 aliphatic rings. The molecule has 33 heavy (non-hydrogen) atoms.